The van der Waals surface area contributed by atoms with Gasteiger partial charge in [0.05, 0.1) is 5.56 Å². The number of nitrogens with two attached hydrogens (primary N) is 1. The number of unbranched alkanes of at least 4 members (excludes halogenated alkanes) is 1. The van der Waals surface area contributed by atoms with Crippen LogP contribution in [0, 0.1) is 0 Å². The zero-order valence-electron chi connectivity index (χ0n) is 14.5. The standard InChI is InChI=1S/C17H25N2O6P/c18-7-2-1-6-17(16(22)23)12-19(8-9-26(17,24)25)11-13-4-3-5-14(10-13)15(20)21/h3-5,10H,1-2,6-9,11-12,18H2,(H,20,21)(H,22,23)(H,24,25). The van der Waals surface area contributed by atoms with Crippen LogP contribution in [0.15, 0.2) is 24.3 Å². The lowest BCUT2D eigenvalue weighted by molar-refractivity contribution is -0.141. The summed E-state index contributed by atoms with van der Waals surface area (Å²) < 4.78 is 12.7. The molecule has 0 radical (unpaired) electrons. The van der Waals surface area contributed by atoms with Crippen LogP contribution in [0.2, 0.25) is 0 Å². The van der Waals surface area contributed by atoms with Gasteiger partial charge < -0.3 is 20.8 Å². The maximum absolute atomic E-state index is 12.7. The fraction of sp³-hybridized carbons (Fsp3) is 0.529. The van der Waals surface area contributed by atoms with Crippen molar-refractivity contribution in [3.05, 3.63) is 35.4 Å². The molecule has 144 valence electrons. The number of aromatic carboxylic acids is 1. The Morgan fingerprint density at radius 3 is 2.62 bits per heavy atom. The predicted octanol–water partition coefficient (Wildman–Crippen LogP) is 1.42. The quantitative estimate of drug-likeness (QED) is 0.390. The van der Waals surface area contributed by atoms with E-state index in [0.29, 0.717) is 25.9 Å². The number of carbonyl (C=O) groups is 2. The number of hydrogen-bond acceptors (Lipinski definition) is 5. The van der Waals surface area contributed by atoms with Gasteiger partial charge >= 0.3 is 11.9 Å². The van der Waals surface area contributed by atoms with Gasteiger partial charge in [-0.1, -0.05) is 18.6 Å². The second-order valence-corrected chi connectivity index (χ2v) is 9.43. The van der Waals surface area contributed by atoms with Gasteiger partial charge in [-0.3, -0.25) is 14.3 Å². The van der Waals surface area contributed by atoms with Crippen LogP contribution in [0.25, 0.3) is 0 Å². The molecule has 1 aliphatic heterocycles. The molecular weight excluding hydrogens is 359 g/mol. The van der Waals surface area contributed by atoms with E-state index in [1.807, 2.05) is 4.90 Å². The van der Waals surface area contributed by atoms with Gasteiger partial charge in [0.2, 0.25) is 7.37 Å². The third-order valence-corrected chi connectivity index (χ3v) is 7.60. The molecule has 1 aromatic carbocycles. The van der Waals surface area contributed by atoms with Gasteiger partial charge in [0.15, 0.2) is 5.16 Å². The zero-order chi connectivity index (χ0) is 19.4. The molecule has 0 aromatic heterocycles. The highest BCUT2D eigenvalue weighted by molar-refractivity contribution is 7.61. The smallest absolute Gasteiger partial charge is 0.335 e. The van der Waals surface area contributed by atoms with Crippen molar-refractivity contribution in [1.29, 1.82) is 0 Å². The summed E-state index contributed by atoms with van der Waals surface area (Å²) in [4.78, 5) is 35.3. The van der Waals surface area contributed by atoms with Crippen LogP contribution in [0.1, 0.15) is 35.2 Å². The van der Waals surface area contributed by atoms with Crippen molar-refractivity contribution in [3.8, 4) is 0 Å². The Kier molecular flexibility index (Phi) is 6.58. The summed E-state index contributed by atoms with van der Waals surface area (Å²) >= 11 is 0. The van der Waals surface area contributed by atoms with E-state index in [0.717, 1.165) is 5.56 Å². The summed E-state index contributed by atoms with van der Waals surface area (Å²) in [5, 5.41) is 17.1. The highest BCUT2D eigenvalue weighted by atomic mass is 31.2. The molecule has 0 bridgehead atoms. The van der Waals surface area contributed by atoms with E-state index in [9.17, 15) is 24.2 Å². The molecule has 0 aliphatic carbocycles. The molecule has 0 amide bonds. The van der Waals surface area contributed by atoms with Crippen LogP contribution in [-0.4, -0.2) is 62.9 Å². The van der Waals surface area contributed by atoms with Crippen molar-refractivity contribution in [2.24, 2.45) is 5.73 Å². The highest BCUT2D eigenvalue weighted by Crippen LogP contribution is 2.59. The van der Waals surface area contributed by atoms with Crippen molar-refractivity contribution < 1.29 is 29.3 Å². The Morgan fingerprint density at radius 1 is 1.27 bits per heavy atom. The minimum absolute atomic E-state index is 0.0437. The molecule has 5 N–H and O–H groups in total. The van der Waals surface area contributed by atoms with Crippen LogP contribution in [0.5, 0.6) is 0 Å². The second kappa shape index (κ2) is 8.31. The van der Waals surface area contributed by atoms with Gasteiger partial charge in [-0.05, 0) is 37.1 Å². The van der Waals surface area contributed by atoms with Crippen LogP contribution in [-0.2, 0) is 15.9 Å². The summed E-state index contributed by atoms with van der Waals surface area (Å²) in [5.41, 5.74) is 6.34. The number of hydrogen-bond donors (Lipinski definition) is 4. The molecule has 1 aliphatic rings. The lowest BCUT2D eigenvalue weighted by Crippen LogP contribution is -2.53. The summed E-state index contributed by atoms with van der Waals surface area (Å²) in [6.45, 7) is 0.971. The number of rotatable bonds is 8. The summed E-state index contributed by atoms with van der Waals surface area (Å²) in [5.74, 6) is -2.30. The Labute approximate surface area is 152 Å². The molecule has 1 heterocycles. The third kappa shape index (κ3) is 4.32. The normalized spacial score (nSPS) is 26.5. The largest absolute Gasteiger partial charge is 0.480 e. The van der Waals surface area contributed by atoms with Crippen molar-refractivity contribution in [3.63, 3.8) is 0 Å². The molecule has 8 nitrogen and oxygen atoms in total. The Bertz CT molecular complexity index is 725. The molecule has 0 saturated carbocycles. The van der Waals surface area contributed by atoms with E-state index in [2.05, 4.69) is 0 Å². The molecule has 2 atom stereocenters. The third-order valence-electron chi connectivity index (χ3n) is 4.90. The van der Waals surface area contributed by atoms with Crippen LogP contribution in [0.4, 0.5) is 0 Å². The van der Waals surface area contributed by atoms with E-state index in [1.165, 1.54) is 12.1 Å². The Balaban J connectivity index is 2.22. The van der Waals surface area contributed by atoms with Crippen molar-refractivity contribution >= 4 is 19.3 Å². The lowest BCUT2D eigenvalue weighted by atomic mass is 9.99. The molecule has 1 fully saturated rings. The topological polar surface area (TPSA) is 141 Å². The van der Waals surface area contributed by atoms with E-state index < -0.39 is 24.5 Å². The number of carboxylic acid groups (broad SMARTS) is 2. The SMILES string of the molecule is NCCCCC1(C(=O)O)CN(Cc2cccc(C(=O)O)c2)CCP1(=O)O. The molecule has 1 aromatic rings. The van der Waals surface area contributed by atoms with Gasteiger partial charge in [0, 0.05) is 25.8 Å². The maximum Gasteiger partial charge on any atom is 0.335 e. The summed E-state index contributed by atoms with van der Waals surface area (Å²) in [6.07, 6.45) is 1.06. The molecular formula is C17H25N2O6P. The molecule has 2 unspecified atom stereocenters. The first-order chi connectivity index (χ1) is 12.2. The molecule has 1 saturated heterocycles. The molecule has 9 heteroatoms. The number of carboxylic acids is 2. The number of benzene rings is 1. The van der Waals surface area contributed by atoms with Gasteiger partial charge in [-0.2, -0.15) is 0 Å². The zero-order valence-corrected chi connectivity index (χ0v) is 15.4. The van der Waals surface area contributed by atoms with Crippen molar-refractivity contribution in [2.45, 2.75) is 31.0 Å². The Morgan fingerprint density at radius 2 is 2.00 bits per heavy atom. The van der Waals surface area contributed by atoms with E-state index in [4.69, 9.17) is 10.8 Å². The maximum atomic E-state index is 12.7. The minimum Gasteiger partial charge on any atom is -0.480 e. The minimum atomic E-state index is -3.87. The second-order valence-electron chi connectivity index (χ2n) is 6.72. The van der Waals surface area contributed by atoms with Gasteiger partial charge in [0.1, 0.15) is 0 Å². The highest BCUT2D eigenvalue weighted by Gasteiger charge is 2.56. The first-order valence-corrected chi connectivity index (χ1v) is 10.4. The monoisotopic (exact) mass is 384 g/mol. The lowest BCUT2D eigenvalue weighted by Gasteiger charge is -2.43. The predicted molar refractivity (Wildman–Crippen MR) is 96.6 cm³/mol. The van der Waals surface area contributed by atoms with E-state index >= 15 is 0 Å². The van der Waals surface area contributed by atoms with E-state index in [1.54, 1.807) is 12.1 Å². The van der Waals surface area contributed by atoms with Gasteiger partial charge in [-0.25, -0.2) is 4.79 Å². The Hall–Kier alpha value is -1.73. The average molecular weight is 384 g/mol. The number of nitrogens with zero attached hydrogens (tertiary/aromatic N) is 1. The van der Waals surface area contributed by atoms with Gasteiger partial charge in [-0.15, -0.1) is 0 Å². The fourth-order valence-corrected chi connectivity index (χ4v) is 5.60. The van der Waals surface area contributed by atoms with Crippen molar-refractivity contribution in [1.82, 2.24) is 4.90 Å². The van der Waals surface area contributed by atoms with Crippen molar-refractivity contribution in [2.75, 3.05) is 25.8 Å². The summed E-state index contributed by atoms with van der Waals surface area (Å²) in [6, 6.07) is 6.41. The fourth-order valence-electron chi connectivity index (χ4n) is 3.39. The van der Waals surface area contributed by atoms with Crippen LogP contribution in [0.3, 0.4) is 0 Å². The molecule has 0 spiro atoms. The van der Waals surface area contributed by atoms with E-state index in [-0.39, 0.29) is 31.2 Å². The number of aliphatic carboxylic acids is 1. The first kappa shape index (κ1) is 20.6. The molecule has 26 heavy (non-hydrogen) atoms. The first-order valence-electron chi connectivity index (χ1n) is 8.52. The average Bonchev–Trinajstić information content (AvgIpc) is 2.58. The van der Waals surface area contributed by atoms with Crippen LogP contribution >= 0.6 is 7.37 Å². The summed E-state index contributed by atoms with van der Waals surface area (Å²) in [7, 11) is -3.87. The molecule has 2 rings (SSSR count). The van der Waals surface area contributed by atoms with Crippen LogP contribution < -0.4 is 5.73 Å². The van der Waals surface area contributed by atoms with Gasteiger partial charge in [0.25, 0.3) is 0 Å².